The zero-order chi connectivity index (χ0) is 13.9. The van der Waals surface area contributed by atoms with Crippen molar-refractivity contribution in [2.45, 2.75) is 6.42 Å². The van der Waals surface area contributed by atoms with Crippen LogP contribution >= 0.6 is 15.9 Å². The van der Waals surface area contributed by atoms with Crippen LogP contribution in [0.3, 0.4) is 0 Å². The molecule has 0 radical (unpaired) electrons. The third-order valence-electron chi connectivity index (χ3n) is 3.05. The van der Waals surface area contributed by atoms with E-state index in [2.05, 4.69) is 15.9 Å². The molecule has 1 aromatic rings. The molecule has 0 unspecified atom stereocenters. The standard InChI is InChI=1S/C15H13BrO3/c1-19-14(18)15(9-5-2-6-10-15)13(17)11-7-3-4-8-12(11)16/h3-10H,2H2,1H3. The molecular formula is C15H13BrO3. The minimum Gasteiger partial charge on any atom is -0.468 e. The van der Waals surface area contributed by atoms with Gasteiger partial charge in [0, 0.05) is 10.0 Å². The quantitative estimate of drug-likeness (QED) is 0.371. The number of methoxy groups -OCH3 is 1. The number of benzene rings is 1. The molecule has 4 heteroatoms. The summed E-state index contributed by atoms with van der Waals surface area (Å²) in [5.41, 5.74) is -0.888. The Balaban J connectivity index is 2.52. The molecule has 0 aliphatic heterocycles. The van der Waals surface area contributed by atoms with Gasteiger partial charge >= 0.3 is 5.97 Å². The van der Waals surface area contributed by atoms with Gasteiger partial charge in [0.25, 0.3) is 0 Å². The van der Waals surface area contributed by atoms with Crippen LogP contribution in [0.15, 0.2) is 53.0 Å². The smallest absolute Gasteiger partial charge is 0.327 e. The molecule has 98 valence electrons. The number of allylic oxidation sites excluding steroid dienone is 2. The molecule has 3 nitrogen and oxygen atoms in total. The first-order valence-corrected chi connectivity index (χ1v) is 6.64. The first kappa shape index (κ1) is 13.7. The van der Waals surface area contributed by atoms with Crippen molar-refractivity contribution >= 4 is 27.7 Å². The van der Waals surface area contributed by atoms with Crippen LogP contribution in [0.5, 0.6) is 0 Å². The Morgan fingerprint density at radius 1 is 1.21 bits per heavy atom. The normalized spacial score (nSPS) is 16.1. The average Bonchev–Trinajstić information content (AvgIpc) is 2.47. The lowest BCUT2D eigenvalue weighted by molar-refractivity contribution is -0.145. The number of hydrogen-bond donors (Lipinski definition) is 0. The van der Waals surface area contributed by atoms with Crippen molar-refractivity contribution in [3.8, 4) is 0 Å². The minimum atomic E-state index is -1.35. The second kappa shape index (κ2) is 5.53. The first-order valence-electron chi connectivity index (χ1n) is 5.85. The van der Waals surface area contributed by atoms with Gasteiger partial charge in [-0.05, 0) is 12.5 Å². The van der Waals surface area contributed by atoms with Crippen molar-refractivity contribution in [3.63, 3.8) is 0 Å². The number of ether oxygens (including phenoxy) is 1. The number of ketones is 1. The Morgan fingerprint density at radius 2 is 1.84 bits per heavy atom. The zero-order valence-corrected chi connectivity index (χ0v) is 12.0. The average molecular weight is 321 g/mol. The van der Waals surface area contributed by atoms with E-state index in [1.807, 2.05) is 6.07 Å². The Hall–Kier alpha value is -1.68. The molecule has 0 N–H and O–H groups in total. The topological polar surface area (TPSA) is 43.4 Å². The number of carbonyl (C=O) groups is 2. The Labute approximate surface area is 120 Å². The highest BCUT2D eigenvalue weighted by Gasteiger charge is 2.44. The molecule has 19 heavy (non-hydrogen) atoms. The highest BCUT2D eigenvalue weighted by atomic mass is 79.9. The molecule has 1 aliphatic carbocycles. The monoisotopic (exact) mass is 320 g/mol. The Bertz CT molecular complexity index is 561. The van der Waals surface area contributed by atoms with E-state index in [4.69, 9.17) is 4.74 Å². The molecule has 0 fully saturated rings. The van der Waals surface area contributed by atoms with Crippen LogP contribution in [0.25, 0.3) is 0 Å². The fourth-order valence-electron chi connectivity index (χ4n) is 2.06. The van der Waals surface area contributed by atoms with Crippen molar-refractivity contribution in [2.24, 2.45) is 5.41 Å². The maximum Gasteiger partial charge on any atom is 0.327 e. The lowest BCUT2D eigenvalue weighted by Crippen LogP contribution is -2.38. The lowest BCUT2D eigenvalue weighted by Gasteiger charge is -2.25. The largest absolute Gasteiger partial charge is 0.468 e. The number of Topliss-reactive ketones (excluding diaryl/α,β-unsaturated/α-hetero) is 1. The van der Waals surface area contributed by atoms with Crippen molar-refractivity contribution < 1.29 is 14.3 Å². The summed E-state index contributed by atoms with van der Waals surface area (Å²) in [4.78, 5) is 24.8. The van der Waals surface area contributed by atoms with Crippen LogP contribution in [-0.2, 0) is 9.53 Å². The molecule has 0 saturated heterocycles. The molecule has 0 aromatic heterocycles. The van der Waals surface area contributed by atoms with Crippen molar-refractivity contribution in [1.82, 2.24) is 0 Å². The van der Waals surface area contributed by atoms with Crippen LogP contribution in [0, 0.1) is 5.41 Å². The molecule has 0 atom stereocenters. The van der Waals surface area contributed by atoms with E-state index in [-0.39, 0.29) is 5.78 Å². The highest BCUT2D eigenvalue weighted by Crippen LogP contribution is 2.33. The number of carbonyl (C=O) groups excluding carboxylic acids is 2. The van der Waals surface area contributed by atoms with E-state index < -0.39 is 11.4 Å². The molecule has 1 aliphatic rings. The maximum absolute atomic E-state index is 12.7. The SMILES string of the molecule is COC(=O)C1(C(=O)c2ccccc2Br)C=CCC=C1. The van der Waals surface area contributed by atoms with E-state index in [1.165, 1.54) is 7.11 Å². The summed E-state index contributed by atoms with van der Waals surface area (Å²) in [6, 6.07) is 7.04. The van der Waals surface area contributed by atoms with Crippen LogP contribution < -0.4 is 0 Å². The van der Waals surface area contributed by atoms with E-state index in [1.54, 1.807) is 42.5 Å². The van der Waals surface area contributed by atoms with Gasteiger partial charge in [-0.3, -0.25) is 9.59 Å². The van der Waals surface area contributed by atoms with E-state index >= 15 is 0 Å². The van der Waals surface area contributed by atoms with Crippen LogP contribution in [0.1, 0.15) is 16.8 Å². The number of esters is 1. The Morgan fingerprint density at radius 3 is 2.42 bits per heavy atom. The van der Waals surface area contributed by atoms with Crippen LogP contribution in [-0.4, -0.2) is 18.9 Å². The second-order valence-electron chi connectivity index (χ2n) is 4.21. The molecular weight excluding hydrogens is 308 g/mol. The maximum atomic E-state index is 12.7. The molecule has 0 saturated carbocycles. The van der Waals surface area contributed by atoms with Gasteiger partial charge in [-0.1, -0.05) is 58.4 Å². The molecule has 0 spiro atoms. The fraction of sp³-hybridized carbons (Fsp3) is 0.200. The van der Waals surface area contributed by atoms with E-state index in [0.717, 1.165) is 0 Å². The van der Waals surface area contributed by atoms with E-state index in [9.17, 15) is 9.59 Å². The van der Waals surface area contributed by atoms with Gasteiger partial charge in [0.15, 0.2) is 11.2 Å². The summed E-state index contributed by atoms with van der Waals surface area (Å²) in [6.07, 6.45) is 7.53. The number of hydrogen-bond acceptors (Lipinski definition) is 3. The minimum absolute atomic E-state index is 0.293. The Kier molecular flexibility index (Phi) is 4.00. The first-order chi connectivity index (χ1) is 9.12. The van der Waals surface area contributed by atoms with Gasteiger partial charge in [-0.25, -0.2) is 0 Å². The van der Waals surface area contributed by atoms with Gasteiger partial charge in [-0.2, -0.15) is 0 Å². The van der Waals surface area contributed by atoms with E-state index in [0.29, 0.717) is 16.5 Å². The van der Waals surface area contributed by atoms with Gasteiger partial charge in [0.05, 0.1) is 7.11 Å². The van der Waals surface area contributed by atoms with Crippen molar-refractivity contribution in [1.29, 1.82) is 0 Å². The highest BCUT2D eigenvalue weighted by molar-refractivity contribution is 9.10. The summed E-state index contributed by atoms with van der Waals surface area (Å²) in [6.45, 7) is 0. The number of rotatable bonds is 3. The molecule has 0 heterocycles. The van der Waals surface area contributed by atoms with Crippen molar-refractivity contribution in [3.05, 3.63) is 58.6 Å². The summed E-state index contributed by atoms with van der Waals surface area (Å²) < 4.78 is 5.46. The van der Waals surface area contributed by atoms with Crippen LogP contribution in [0.4, 0.5) is 0 Å². The molecule has 2 rings (SSSR count). The summed E-state index contributed by atoms with van der Waals surface area (Å²) in [7, 11) is 1.29. The van der Waals surface area contributed by atoms with Crippen LogP contribution in [0.2, 0.25) is 0 Å². The number of halogens is 1. The summed E-state index contributed by atoms with van der Waals surface area (Å²) in [5.74, 6) is -0.862. The molecule has 0 amide bonds. The predicted molar refractivity (Wildman–Crippen MR) is 75.8 cm³/mol. The third kappa shape index (κ3) is 2.40. The van der Waals surface area contributed by atoms with Gasteiger partial charge in [0.2, 0.25) is 0 Å². The fourth-order valence-corrected chi connectivity index (χ4v) is 2.52. The van der Waals surface area contributed by atoms with Gasteiger partial charge in [0.1, 0.15) is 0 Å². The summed E-state index contributed by atoms with van der Waals surface area (Å²) in [5, 5.41) is 0. The molecule has 1 aromatic carbocycles. The molecule has 0 bridgehead atoms. The van der Waals surface area contributed by atoms with Crippen molar-refractivity contribution in [2.75, 3.05) is 7.11 Å². The van der Waals surface area contributed by atoms with Gasteiger partial charge < -0.3 is 4.74 Å². The zero-order valence-electron chi connectivity index (χ0n) is 10.4. The second-order valence-corrected chi connectivity index (χ2v) is 5.06. The third-order valence-corrected chi connectivity index (χ3v) is 3.74. The summed E-state index contributed by atoms with van der Waals surface area (Å²) >= 11 is 3.34. The predicted octanol–water partition coefficient (Wildman–Crippen LogP) is 3.31. The lowest BCUT2D eigenvalue weighted by atomic mass is 9.77. The van der Waals surface area contributed by atoms with Gasteiger partial charge in [-0.15, -0.1) is 0 Å².